The smallest absolute Gasteiger partial charge is 0.0530 e. The maximum Gasteiger partial charge on any atom is 0.0530 e. The van der Waals surface area contributed by atoms with Crippen LogP contribution in [0.25, 0.3) is 0 Å². The molecule has 0 aliphatic carbocycles. The number of anilines is 3. The lowest BCUT2D eigenvalue weighted by atomic mass is 10.2. The fourth-order valence-corrected chi connectivity index (χ4v) is 2.08. The first-order valence-electron chi connectivity index (χ1n) is 4.73. The van der Waals surface area contributed by atoms with Crippen LogP contribution < -0.4 is 11.1 Å². The summed E-state index contributed by atoms with van der Waals surface area (Å²) in [4.78, 5) is 0. The van der Waals surface area contributed by atoms with Crippen molar-refractivity contribution in [3.63, 3.8) is 0 Å². The molecule has 0 saturated heterocycles. The molecule has 82 valence electrons. The third-order valence-electron chi connectivity index (χ3n) is 2.12. The molecular formula is C12H10Br2N2. The largest absolute Gasteiger partial charge is 0.399 e. The van der Waals surface area contributed by atoms with Crippen molar-refractivity contribution < 1.29 is 0 Å². The standard InChI is InChI=1S/C12H10Br2N2/c13-8-1-4-10(5-2-8)16-12-6-3-9(15)7-11(12)14/h1-7,16H,15H2. The van der Waals surface area contributed by atoms with E-state index in [-0.39, 0.29) is 0 Å². The molecule has 0 radical (unpaired) electrons. The maximum absolute atomic E-state index is 5.68. The quantitative estimate of drug-likeness (QED) is 0.787. The molecule has 2 aromatic carbocycles. The maximum atomic E-state index is 5.68. The SMILES string of the molecule is Nc1ccc(Nc2ccc(Br)cc2)c(Br)c1. The zero-order chi connectivity index (χ0) is 11.5. The summed E-state index contributed by atoms with van der Waals surface area (Å²) in [5.74, 6) is 0. The van der Waals surface area contributed by atoms with Crippen LogP contribution in [0.3, 0.4) is 0 Å². The van der Waals surface area contributed by atoms with E-state index in [0.717, 1.165) is 26.0 Å². The van der Waals surface area contributed by atoms with Gasteiger partial charge in [-0.2, -0.15) is 0 Å². The average molecular weight is 342 g/mol. The number of nitrogens with two attached hydrogens (primary N) is 1. The zero-order valence-corrected chi connectivity index (χ0v) is 11.5. The normalized spacial score (nSPS) is 10.1. The second kappa shape index (κ2) is 4.89. The van der Waals surface area contributed by atoms with Gasteiger partial charge < -0.3 is 11.1 Å². The average Bonchev–Trinajstić information content (AvgIpc) is 2.25. The first kappa shape index (κ1) is 11.5. The minimum Gasteiger partial charge on any atom is -0.399 e. The van der Waals surface area contributed by atoms with Gasteiger partial charge in [0.15, 0.2) is 0 Å². The fraction of sp³-hybridized carbons (Fsp3) is 0. The Morgan fingerprint density at radius 2 is 1.62 bits per heavy atom. The number of hydrogen-bond donors (Lipinski definition) is 2. The number of rotatable bonds is 2. The highest BCUT2D eigenvalue weighted by atomic mass is 79.9. The zero-order valence-electron chi connectivity index (χ0n) is 8.37. The van der Waals surface area contributed by atoms with Gasteiger partial charge in [0, 0.05) is 20.3 Å². The van der Waals surface area contributed by atoms with E-state index in [2.05, 4.69) is 37.2 Å². The third kappa shape index (κ3) is 2.77. The minimum absolute atomic E-state index is 0.744. The molecule has 0 aliphatic heterocycles. The predicted molar refractivity (Wildman–Crippen MR) is 76.0 cm³/mol. The summed E-state index contributed by atoms with van der Waals surface area (Å²) in [7, 11) is 0. The molecule has 2 aromatic rings. The second-order valence-electron chi connectivity index (χ2n) is 3.37. The molecule has 0 spiro atoms. The summed E-state index contributed by atoms with van der Waals surface area (Å²) in [5, 5.41) is 3.30. The van der Waals surface area contributed by atoms with E-state index in [0.29, 0.717) is 0 Å². The first-order chi connectivity index (χ1) is 7.65. The lowest BCUT2D eigenvalue weighted by molar-refractivity contribution is 1.51. The summed E-state index contributed by atoms with van der Waals surface area (Å²) in [6.07, 6.45) is 0. The van der Waals surface area contributed by atoms with Crippen LogP contribution in [0.15, 0.2) is 51.4 Å². The van der Waals surface area contributed by atoms with Crippen molar-refractivity contribution in [2.45, 2.75) is 0 Å². The number of hydrogen-bond acceptors (Lipinski definition) is 2. The van der Waals surface area contributed by atoms with Crippen molar-refractivity contribution in [3.05, 3.63) is 51.4 Å². The Hall–Kier alpha value is -1.000. The third-order valence-corrected chi connectivity index (χ3v) is 3.30. The number of nitrogen functional groups attached to an aromatic ring is 1. The van der Waals surface area contributed by atoms with Gasteiger partial charge in [-0.3, -0.25) is 0 Å². The molecule has 0 bridgehead atoms. The highest BCUT2D eigenvalue weighted by molar-refractivity contribution is 9.10. The van der Waals surface area contributed by atoms with Gasteiger partial charge in [-0.15, -0.1) is 0 Å². The van der Waals surface area contributed by atoms with Crippen LogP contribution >= 0.6 is 31.9 Å². The van der Waals surface area contributed by atoms with E-state index < -0.39 is 0 Å². The van der Waals surface area contributed by atoms with E-state index in [4.69, 9.17) is 5.73 Å². The van der Waals surface area contributed by atoms with Crippen LogP contribution in [0.2, 0.25) is 0 Å². The molecule has 3 N–H and O–H groups in total. The Morgan fingerprint density at radius 1 is 0.938 bits per heavy atom. The lowest BCUT2D eigenvalue weighted by Crippen LogP contribution is -1.92. The van der Waals surface area contributed by atoms with Crippen LogP contribution in [-0.4, -0.2) is 0 Å². The van der Waals surface area contributed by atoms with E-state index >= 15 is 0 Å². The van der Waals surface area contributed by atoms with Gasteiger partial charge in [0.1, 0.15) is 0 Å². The van der Waals surface area contributed by atoms with Crippen LogP contribution in [-0.2, 0) is 0 Å². The van der Waals surface area contributed by atoms with Crippen molar-refractivity contribution in [1.29, 1.82) is 0 Å². The Bertz CT molecular complexity index is 495. The molecule has 0 heterocycles. The number of benzene rings is 2. The molecule has 4 heteroatoms. The van der Waals surface area contributed by atoms with Crippen LogP contribution in [0.5, 0.6) is 0 Å². The van der Waals surface area contributed by atoms with Gasteiger partial charge in [0.25, 0.3) is 0 Å². The summed E-state index contributed by atoms with van der Waals surface area (Å²) >= 11 is 6.87. The molecule has 0 aromatic heterocycles. The van der Waals surface area contributed by atoms with Crippen LogP contribution in [0, 0.1) is 0 Å². The van der Waals surface area contributed by atoms with Crippen molar-refractivity contribution in [1.82, 2.24) is 0 Å². The highest BCUT2D eigenvalue weighted by Crippen LogP contribution is 2.28. The molecule has 0 fully saturated rings. The molecule has 0 saturated carbocycles. The first-order valence-corrected chi connectivity index (χ1v) is 6.31. The fourth-order valence-electron chi connectivity index (χ4n) is 1.32. The molecule has 2 nitrogen and oxygen atoms in total. The topological polar surface area (TPSA) is 38.0 Å². The van der Waals surface area contributed by atoms with E-state index in [1.807, 2.05) is 42.5 Å². The van der Waals surface area contributed by atoms with Crippen molar-refractivity contribution >= 4 is 48.9 Å². The Labute approximate surface area is 111 Å². The number of halogens is 2. The molecule has 16 heavy (non-hydrogen) atoms. The van der Waals surface area contributed by atoms with Gasteiger partial charge in [-0.1, -0.05) is 15.9 Å². The minimum atomic E-state index is 0.744. The van der Waals surface area contributed by atoms with Crippen molar-refractivity contribution in [3.8, 4) is 0 Å². The summed E-state index contributed by atoms with van der Waals surface area (Å²) in [6, 6.07) is 13.7. The predicted octanol–water partition coefficient (Wildman–Crippen LogP) is 4.54. The van der Waals surface area contributed by atoms with Gasteiger partial charge >= 0.3 is 0 Å². The molecule has 0 atom stereocenters. The van der Waals surface area contributed by atoms with E-state index in [1.165, 1.54) is 0 Å². The van der Waals surface area contributed by atoms with Gasteiger partial charge in [0.05, 0.1) is 5.69 Å². The second-order valence-corrected chi connectivity index (χ2v) is 5.14. The monoisotopic (exact) mass is 340 g/mol. The van der Waals surface area contributed by atoms with Crippen molar-refractivity contribution in [2.75, 3.05) is 11.1 Å². The Balaban J connectivity index is 2.23. The summed E-state index contributed by atoms with van der Waals surface area (Å²) in [5.41, 5.74) is 8.45. The van der Waals surface area contributed by atoms with E-state index in [1.54, 1.807) is 0 Å². The Morgan fingerprint density at radius 3 is 2.25 bits per heavy atom. The summed E-state index contributed by atoms with van der Waals surface area (Å²) < 4.78 is 2.02. The van der Waals surface area contributed by atoms with Gasteiger partial charge in [-0.05, 0) is 58.4 Å². The Kier molecular flexibility index (Phi) is 3.51. The molecule has 0 aliphatic rings. The molecular weight excluding hydrogens is 332 g/mol. The summed E-state index contributed by atoms with van der Waals surface area (Å²) in [6.45, 7) is 0. The van der Waals surface area contributed by atoms with E-state index in [9.17, 15) is 0 Å². The van der Waals surface area contributed by atoms with Crippen LogP contribution in [0.4, 0.5) is 17.1 Å². The van der Waals surface area contributed by atoms with Gasteiger partial charge in [0.2, 0.25) is 0 Å². The van der Waals surface area contributed by atoms with Crippen LogP contribution in [0.1, 0.15) is 0 Å². The molecule has 0 amide bonds. The lowest BCUT2D eigenvalue weighted by Gasteiger charge is -2.09. The number of nitrogens with one attached hydrogen (secondary N) is 1. The van der Waals surface area contributed by atoms with Gasteiger partial charge in [-0.25, -0.2) is 0 Å². The highest BCUT2D eigenvalue weighted by Gasteiger charge is 2.00. The molecule has 2 rings (SSSR count). The van der Waals surface area contributed by atoms with Crippen molar-refractivity contribution in [2.24, 2.45) is 0 Å². The molecule has 0 unspecified atom stereocenters.